The quantitative estimate of drug-likeness (QED) is 0.625. The highest BCUT2D eigenvalue weighted by Crippen LogP contribution is 2.36. The summed E-state index contributed by atoms with van der Waals surface area (Å²) in [5, 5.41) is 10.2. The largest absolute Gasteiger partial charge is 0.493 e. The van der Waals surface area contributed by atoms with Gasteiger partial charge in [-0.3, -0.25) is 4.90 Å². The van der Waals surface area contributed by atoms with E-state index < -0.39 is 6.10 Å². The fraction of sp³-hybridized carbons (Fsp3) is 0.700. The van der Waals surface area contributed by atoms with Crippen molar-refractivity contribution in [3.63, 3.8) is 0 Å². The summed E-state index contributed by atoms with van der Waals surface area (Å²) in [6, 6.07) is 5.52. The van der Waals surface area contributed by atoms with E-state index in [2.05, 4.69) is 18.7 Å². The molecule has 1 saturated heterocycles. The molecule has 1 aromatic carbocycles. The zero-order valence-electron chi connectivity index (χ0n) is 16.8. The van der Waals surface area contributed by atoms with Gasteiger partial charge in [-0.1, -0.05) is 19.9 Å². The van der Waals surface area contributed by atoms with Crippen LogP contribution in [0.1, 0.15) is 13.8 Å². The number of morpholine rings is 1. The zero-order valence-corrected chi connectivity index (χ0v) is 16.8. The van der Waals surface area contributed by atoms with Crippen molar-refractivity contribution >= 4 is 0 Å². The van der Waals surface area contributed by atoms with Gasteiger partial charge < -0.3 is 28.8 Å². The number of rotatable bonds is 11. The van der Waals surface area contributed by atoms with E-state index in [9.17, 15) is 5.11 Å². The van der Waals surface area contributed by atoms with E-state index in [0.717, 1.165) is 6.54 Å². The lowest BCUT2D eigenvalue weighted by Gasteiger charge is -2.34. The van der Waals surface area contributed by atoms with Crippen LogP contribution < -0.4 is 14.2 Å². The average molecular weight is 383 g/mol. The summed E-state index contributed by atoms with van der Waals surface area (Å²) in [5.41, 5.74) is 0. The van der Waals surface area contributed by atoms with Crippen LogP contribution in [-0.4, -0.2) is 82.5 Å². The summed E-state index contributed by atoms with van der Waals surface area (Å²) < 4.78 is 28.0. The van der Waals surface area contributed by atoms with E-state index in [-0.39, 0.29) is 6.10 Å². The number of hydrogen-bond acceptors (Lipinski definition) is 7. The minimum atomic E-state index is -0.502. The summed E-state index contributed by atoms with van der Waals surface area (Å²) in [6.45, 7) is 8.24. The average Bonchev–Trinajstić information content (AvgIpc) is 2.66. The molecule has 154 valence electrons. The first-order chi connectivity index (χ1) is 13.0. The minimum Gasteiger partial charge on any atom is -0.493 e. The SMILES string of the molecule is COc1cccc(OC)c1OCC1CN(CC(O)COCC(C)C)CCO1. The fourth-order valence-corrected chi connectivity index (χ4v) is 2.97. The number of methoxy groups -OCH3 is 2. The van der Waals surface area contributed by atoms with Crippen LogP contribution in [0.4, 0.5) is 0 Å². The van der Waals surface area contributed by atoms with Crippen LogP contribution >= 0.6 is 0 Å². The number of hydrogen-bond donors (Lipinski definition) is 1. The Morgan fingerprint density at radius 3 is 2.52 bits per heavy atom. The van der Waals surface area contributed by atoms with E-state index in [0.29, 0.717) is 62.7 Å². The Labute approximate surface area is 162 Å². The highest BCUT2D eigenvalue weighted by molar-refractivity contribution is 5.51. The summed E-state index contributed by atoms with van der Waals surface area (Å²) in [4.78, 5) is 2.18. The molecule has 1 fully saturated rings. The Kier molecular flexibility index (Phi) is 9.14. The zero-order chi connectivity index (χ0) is 19.6. The predicted octanol–water partition coefficient (Wildman–Crippen LogP) is 1.82. The number of nitrogens with zero attached hydrogens (tertiary/aromatic N) is 1. The van der Waals surface area contributed by atoms with Crippen molar-refractivity contribution in [2.45, 2.75) is 26.1 Å². The fourth-order valence-electron chi connectivity index (χ4n) is 2.97. The molecule has 7 nitrogen and oxygen atoms in total. The second-order valence-electron chi connectivity index (χ2n) is 7.14. The maximum absolute atomic E-state index is 10.2. The van der Waals surface area contributed by atoms with Crippen molar-refractivity contribution in [2.24, 2.45) is 5.92 Å². The molecule has 0 saturated carbocycles. The molecule has 7 heteroatoms. The first kappa shape index (κ1) is 21.8. The molecule has 0 spiro atoms. The Morgan fingerprint density at radius 2 is 1.89 bits per heavy atom. The van der Waals surface area contributed by atoms with Crippen LogP contribution in [0, 0.1) is 5.92 Å². The van der Waals surface area contributed by atoms with E-state index in [4.69, 9.17) is 23.7 Å². The van der Waals surface area contributed by atoms with Gasteiger partial charge in [0.05, 0.1) is 33.5 Å². The molecule has 27 heavy (non-hydrogen) atoms. The maximum atomic E-state index is 10.2. The number of para-hydroxylation sites is 1. The summed E-state index contributed by atoms with van der Waals surface area (Å²) >= 11 is 0. The molecule has 0 aromatic heterocycles. The smallest absolute Gasteiger partial charge is 0.203 e. The third-order valence-electron chi connectivity index (χ3n) is 4.25. The van der Waals surface area contributed by atoms with Crippen molar-refractivity contribution in [2.75, 3.05) is 60.3 Å². The van der Waals surface area contributed by atoms with Gasteiger partial charge in [0, 0.05) is 26.2 Å². The molecular weight excluding hydrogens is 350 g/mol. The van der Waals surface area contributed by atoms with Gasteiger partial charge in [-0.15, -0.1) is 0 Å². The van der Waals surface area contributed by atoms with Crippen LogP contribution in [-0.2, 0) is 9.47 Å². The van der Waals surface area contributed by atoms with Crippen molar-refractivity contribution in [3.05, 3.63) is 18.2 Å². The van der Waals surface area contributed by atoms with Crippen LogP contribution in [0.3, 0.4) is 0 Å². The van der Waals surface area contributed by atoms with Crippen molar-refractivity contribution < 1.29 is 28.8 Å². The lowest BCUT2D eigenvalue weighted by atomic mass is 10.2. The van der Waals surface area contributed by atoms with Gasteiger partial charge in [-0.2, -0.15) is 0 Å². The Hall–Kier alpha value is -1.54. The predicted molar refractivity (Wildman–Crippen MR) is 103 cm³/mol. The molecule has 2 rings (SSSR count). The van der Waals surface area contributed by atoms with Crippen LogP contribution in [0.5, 0.6) is 17.2 Å². The molecule has 1 N–H and O–H groups in total. The van der Waals surface area contributed by atoms with Gasteiger partial charge in [0.2, 0.25) is 5.75 Å². The Morgan fingerprint density at radius 1 is 1.19 bits per heavy atom. The molecule has 2 unspecified atom stereocenters. The molecule has 1 heterocycles. The standard InChI is InChI=1S/C20H33NO6/c1-15(2)12-25-13-16(22)10-21-8-9-26-17(11-21)14-27-20-18(23-3)6-5-7-19(20)24-4/h5-7,15-17,22H,8-14H2,1-4H3. The second kappa shape index (κ2) is 11.3. The normalized spacial score (nSPS) is 19.1. The van der Waals surface area contributed by atoms with E-state index in [1.807, 2.05) is 18.2 Å². The molecule has 1 aromatic rings. The number of aliphatic hydroxyl groups excluding tert-OH is 1. The molecular formula is C20H33NO6. The molecule has 0 radical (unpaired) electrons. The first-order valence-electron chi connectivity index (χ1n) is 9.47. The van der Waals surface area contributed by atoms with Crippen LogP contribution in [0.2, 0.25) is 0 Å². The lowest BCUT2D eigenvalue weighted by Crippen LogP contribution is -2.48. The van der Waals surface area contributed by atoms with E-state index in [1.54, 1.807) is 14.2 Å². The second-order valence-corrected chi connectivity index (χ2v) is 7.14. The summed E-state index contributed by atoms with van der Waals surface area (Å²) in [7, 11) is 3.20. The van der Waals surface area contributed by atoms with Gasteiger partial charge in [-0.05, 0) is 18.1 Å². The highest BCUT2D eigenvalue weighted by atomic mass is 16.6. The first-order valence-corrected chi connectivity index (χ1v) is 9.47. The summed E-state index contributed by atoms with van der Waals surface area (Å²) in [5.74, 6) is 2.29. The van der Waals surface area contributed by atoms with Crippen molar-refractivity contribution in [1.82, 2.24) is 4.90 Å². The van der Waals surface area contributed by atoms with E-state index >= 15 is 0 Å². The van der Waals surface area contributed by atoms with Gasteiger partial charge in [0.15, 0.2) is 11.5 Å². The van der Waals surface area contributed by atoms with Gasteiger partial charge in [0.25, 0.3) is 0 Å². The molecule has 0 amide bonds. The maximum Gasteiger partial charge on any atom is 0.203 e. The number of ether oxygens (including phenoxy) is 5. The van der Waals surface area contributed by atoms with Crippen molar-refractivity contribution in [1.29, 1.82) is 0 Å². The molecule has 2 atom stereocenters. The Bertz CT molecular complexity index is 531. The highest BCUT2D eigenvalue weighted by Gasteiger charge is 2.24. The van der Waals surface area contributed by atoms with Crippen LogP contribution in [0.15, 0.2) is 18.2 Å². The molecule has 1 aliphatic rings. The van der Waals surface area contributed by atoms with Crippen molar-refractivity contribution in [3.8, 4) is 17.2 Å². The Balaban J connectivity index is 1.81. The van der Waals surface area contributed by atoms with Crippen LogP contribution in [0.25, 0.3) is 0 Å². The van der Waals surface area contributed by atoms with Gasteiger partial charge in [0.1, 0.15) is 12.7 Å². The number of β-amino-alcohol motifs (C(OH)–C–C–N with tert-alkyl or cyclic N) is 1. The summed E-state index contributed by atoms with van der Waals surface area (Å²) in [6.07, 6.45) is -0.588. The van der Waals surface area contributed by atoms with Gasteiger partial charge in [-0.25, -0.2) is 0 Å². The molecule has 1 aliphatic heterocycles. The topological polar surface area (TPSA) is 69.6 Å². The lowest BCUT2D eigenvalue weighted by molar-refractivity contribution is -0.0657. The number of benzene rings is 1. The molecule has 0 aliphatic carbocycles. The monoisotopic (exact) mass is 383 g/mol. The minimum absolute atomic E-state index is 0.0860. The van der Waals surface area contributed by atoms with Gasteiger partial charge >= 0.3 is 0 Å². The number of aliphatic hydroxyl groups is 1. The third kappa shape index (κ3) is 7.18. The molecule has 0 bridgehead atoms. The third-order valence-corrected chi connectivity index (χ3v) is 4.25. The van der Waals surface area contributed by atoms with E-state index in [1.165, 1.54) is 0 Å².